The van der Waals surface area contributed by atoms with E-state index >= 15 is 0 Å². The molecule has 2 saturated carbocycles. The number of hydrogen-bond acceptors (Lipinski definition) is 4. The van der Waals surface area contributed by atoms with Gasteiger partial charge >= 0.3 is 0 Å². The molecular weight excluding hydrogens is 280 g/mol. The lowest BCUT2D eigenvalue weighted by Gasteiger charge is -2.35. The molecule has 5 heteroatoms. The van der Waals surface area contributed by atoms with E-state index in [1.165, 1.54) is 32.2 Å². The van der Waals surface area contributed by atoms with E-state index in [9.17, 15) is 4.79 Å². The minimum absolute atomic E-state index is 0.0945. The molecule has 1 amide bonds. The van der Waals surface area contributed by atoms with Crippen molar-refractivity contribution in [1.82, 2.24) is 10.4 Å². The Bertz CT molecular complexity index is 384. The summed E-state index contributed by atoms with van der Waals surface area (Å²) < 4.78 is 6.14. The Hall–Kier alpha value is -0.650. The molecule has 126 valence electrons. The third-order valence-corrected chi connectivity index (χ3v) is 6.02. The maximum absolute atomic E-state index is 11.7. The van der Waals surface area contributed by atoms with E-state index in [1.807, 2.05) is 0 Å². The van der Waals surface area contributed by atoms with Crippen LogP contribution in [-0.2, 0) is 9.53 Å². The van der Waals surface area contributed by atoms with Gasteiger partial charge < -0.3 is 4.74 Å². The summed E-state index contributed by atoms with van der Waals surface area (Å²) in [5.41, 5.74) is 1.81. The predicted molar refractivity (Wildman–Crippen MR) is 83.5 cm³/mol. The van der Waals surface area contributed by atoms with E-state index in [-0.39, 0.29) is 17.9 Å². The minimum Gasteiger partial charge on any atom is -0.376 e. The highest BCUT2D eigenvalue weighted by Crippen LogP contribution is 2.35. The van der Waals surface area contributed by atoms with Gasteiger partial charge in [-0.1, -0.05) is 12.8 Å². The molecule has 2 aliphatic carbocycles. The van der Waals surface area contributed by atoms with Crippen LogP contribution in [0.1, 0.15) is 51.9 Å². The highest BCUT2D eigenvalue weighted by atomic mass is 16.5. The van der Waals surface area contributed by atoms with Gasteiger partial charge in [0.2, 0.25) is 5.91 Å². The largest absolute Gasteiger partial charge is 0.376 e. The molecule has 0 radical (unpaired) electrons. The minimum atomic E-state index is -0.248. The number of ether oxygens (including phenoxy) is 1. The van der Waals surface area contributed by atoms with E-state index in [0.29, 0.717) is 12.0 Å². The first-order valence-corrected chi connectivity index (χ1v) is 8.97. The Morgan fingerprint density at radius 2 is 2.05 bits per heavy atom. The fourth-order valence-electron chi connectivity index (χ4n) is 4.56. The number of hydrogen-bond donors (Lipinski definition) is 2. The van der Waals surface area contributed by atoms with E-state index in [1.54, 1.807) is 5.48 Å². The Balaban J connectivity index is 1.59. The van der Waals surface area contributed by atoms with Gasteiger partial charge in [-0.2, -0.15) is 0 Å². The maximum Gasteiger partial charge on any atom is 0.246 e. The number of hydroxylamine groups is 1. The van der Waals surface area contributed by atoms with Gasteiger partial charge in [-0.25, -0.2) is 5.48 Å². The van der Waals surface area contributed by atoms with Crippen LogP contribution in [0, 0.1) is 17.8 Å². The van der Waals surface area contributed by atoms with Crippen LogP contribution in [0.15, 0.2) is 0 Å². The van der Waals surface area contributed by atoms with Crippen LogP contribution < -0.4 is 5.48 Å². The number of nitrogens with zero attached hydrogens (tertiary/aromatic N) is 1. The molecule has 1 aliphatic heterocycles. The zero-order valence-corrected chi connectivity index (χ0v) is 13.7. The first kappa shape index (κ1) is 16.2. The maximum atomic E-state index is 11.7. The molecule has 3 unspecified atom stereocenters. The first-order chi connectivity index (χ1) is 10.7. The van der Waals surface area contributed by atoms with Gasteiger partial charge in [0.05, 0.1) is 12.7 Å². The number of carbonyl (C=O) groups is 1. The highest BCUT2D eigenvalue weighted by Gasteiger charge is 2.38. The van der Waals surface area contributed by atoms with Crippen molar-refractivity contribution in [3.05, 3.63) is 0 Å². The third-order valence-electron chi connectivity index (χ3n) is 6.02. The van der Waals surface area contributed by atoms with Crippen LogP contribution in [0.5, 0.6) is 0 Å². The van der Waals surface area contributed by atoms with E-state index in [0.717, 1.165) is 38.3 Å². The van der Waals surface area contributed by atoms with Crippen LogP contribution in [0.25, 0.3) is 0 Å². The number of nitrogens with one attached hydrogen (secondary N) is 1. The second kappa shape index (κ2) is 7.28. The van der Waals surface area contributed by atoms with Gasteiger partial charge in [-0.3, -0.25) is 14.9 Å². The van der Waals surface area contributed by atoms with Crippen molar-refractivity contribution in [1.29, 1.82) is 0 Å². The number of amides is 1. The van der Waals surface area contributed by atoms with Crippen LogP contribution in [0.2, 0.25) is 0 Å². The van der Waals surface area contributed by atoms with E-state index in [2.05, 4.69) is 11.8 Å². The van der Waals surface area contributed by atoms with Gasteiger partial charge in [-0.15, -0.1) is 0 Å². The second-order valence-electron chi connectivity index (χ2n) is 7.57. The summed E-state index contributed by atoms with van der Waals surface area (Å²) in [6, 6.07) is 0.469. The molecule has 3 aliphatic rings. The van der Waals surface area contributed by atoms with Crippen molar-refractivity contribution in [3.8, 4) is 0 Å². The molecule has 0 aromatic rings. The Labute approximate surface area is 133 Å². The smallest absolute Gasteiger partial charge is 0.246 e. The van der Waals surface area contributed by atoms with Crippen molar-refractivity contribution < 1.29 is 14.7 Å². The van der Waals surface area contributed by atoms with Gasteiger partial charge in [-0.05, 0) is 50.9 Å². The molecule has 3 fully saturated rings. The third kappa shape index (κ3) is 3.63. The van der Waals surface area contributed by atoms with Gasteiger partial charge in [0.15, 0.2) is 0 Å². The van der Waals surface area contributed by atoms with Gasteiger partial charge in [0, 0.05) is 25.0 Å². The van der Waals surface area contributed by atoms with Gasteiger partial charge in [0.1, 0.15) is 0 Å². The molecule has 1 saturated heterocycles. The highest BCUT2D eigenvalue weighted by molar-refractivity contribution is 5.77. The number of rotatable bonds is 3. The zero-order valence-electron chi connectivity index (χ0n) is 13.7. The summed E-state index contributed by atoms with van der Waals surface area (Å²) in [5.74, 6) is 1.06. The number of carbonyl (C=O) groups excluding carboxylic acids is 1. The molecule has 3 rings (SSSR count). The molecule has 22 heavy (non-hydrogen) atoms. The predicted octanol–water partition coefficient (Wildman–Crippen LogP) is 2.19. The average molecular weight is 310 g/mol. The SMILES string of the molecule is C[C@H]1COC2CC(C(=O)NO)CCC2CN1CC1CCCC1. The fraction of sp³-hybridized carbons (Fsp3) is 0.941. The molecule has 0 aromatic carbocycles. The van der Waals surface area contributed by atoms with E-state index < -0.39 is 0 Å². The summed E-state index contributed by atoms with van der Waals surface area (Å²) in [4.78, 5) is 14.3. The van der Waals surface area contributed by atoms with Crippen LogP contribution >= 0.6 is 0 Å². The first-order valence-electron chi connectivity index (χ1n) is 8.97. The molecule has 0 bridgehead atoms. The molecule has 4 atom stereocenters. The lowest BCUT2D eigenvalue weighted by Crippen LogP contribution is -2.42. The quantitative estimate of drug-likeness (QED) is 0.619. The number of fused-ring (bicyclic) bond motifs is 1. The molecule has 5 nitrogen and oxygen atoms in total. The van der Waals surface area contributed by atoms with Crippen molar-refractivity contribution in [2.24, 2.45) is 17.8 Å². The van der Waals surface area contributed by atoms with Crippen molar-refractivity contribution in [3.63, 3.8) is 0 Å². The van der Waals surface area contributed by atoms with Crippen LogP contribution in [0.3, 0.4) is 0 Å². The molecular formula is C17H30N2O3. The lowest BCUT2D eigenvalue weighted by atomic mass is 9.79. The Morgan fingerprint density at radius 1 is 1.27 bits per heavy atom. The van der Waals surface area contributed by atoms with Gasteiger partial charge in [0.25, 0.3) is 0 Å². The van der Waals surface area contributed by atoms with Crippen molar-refractivity contribution in [2.75, 3.05) is 19.7 Å². The van der Waals surface area contributed by atoms with E-state index in [4.69, 9.17) is 9.94 Å². The molecule has 0 spiro atoms. The Morgan fingerprint density at radius 3 is 2.77 bits per heavy atom. The fourth-order valence-corrected chi connectivity index (χ4v) is 4.56. The lowest BCUT2D eigenvalue weighted by molar-refractivity contribution is -0.137. The summed E-state index contributed by atoms with van der Waals surface area (Å²) in [6.45, 7) is 5.36. The average Bonchev–Trinajstić information content (AvgIpc) is 2.99. The topological polar surface area (TPSA) is 61.8 Å². The summed E-state index contributed by atoms with van der Waals surface area (Å²) in [7, 11) is 0. The summed E-state index contributed by atoms with van der Waals surface area (Å²) in [6.07, 6.45) is 8.38. The van der Waals surface area contributed by atoms with Crippen molar-refractivity contribution in [2.45, 2.75) is 64.0 Å². The van der Waals surface area contributed by atoms with Crippen molar-refractivity contribution >= 4 is 5.91 Å². The van der Waals surface area contributed by atoms with Crippen LogP contribution in [0.4, 0.5) is 0 Å². The standard InChI is InChI=1S/C17H30N2O3/c1-12-11-22-16-8-14(17(20)18-21)6-7-15(16)10-19(12)9-13-4-2-3-5-13/h12-16,21H,2-11H2,1H3,(H,18,20)/t12-,14?,15?,16?/m0/s1. The second-order valence-corrected chi connectivity index (χ2v) is 7.57. The molecule has 1 heterocycles. The summed E-state index contributed by atoms with van der Waals surface area (Å²) >= 11 is 0. The monoisotopic (exact) mass is 310 g/mol. The summed E-state index contributed by atoms with van der Waals surface area (Å²) in [5, 5.41) is 8.83. The molecule has 2 N–H and O–H groups in total. The van der Waals surface area contributed by atoms with Crippen LogP contribution in [-0.4, -0.2) is 47.9 Å². The molecule has 0 aromatic heterocycles. The Kier molecular flexibility index (Phi) is 5.37. The normalized spacial score (nSPS) is 37.5. The zero-order chi connectivity index (χ0) is 15.5.